The van der Waals surface area contributed by atoms with Crippen LogP contribution in [0.1, 0.15) is 53.4 Å². The maximum absolute atomic E-state index is 5.55. The largest absolute Gasteiger partial charge is 0.379 e. The lowest BCUT2D eigenvalue weighted by Gasteiger charge is -2.06. The van der Waals surface area contributed by atoms with E-state index in [1.165, 1.54) is 12.8 Å². The van der Waals surface area contributed by atoms with Gasteiger partial charge in [-0.15, -0.1) is 0 Å². The molecule has 0 fully saturated rings. The molecule has 21 heavy (non-hydrogen) atoms. The van der Waals surface area contributed by atoms with Crippen LogP contribution in [0.5, 0.6) is 0 Å². The highest BCUT2D eigenvalue weighted by Gasteiger charge is 2.04. The fraction of sp³-hybridized carbons (Fsp3) is 0.824. The predicted octanol–water partition coefficient (Wildman–Crippen LogP) is 3.19. The molecule has 122 valence electrons. The molecule has 0 unspecified atom stereocenters. The summed E-state index contributed by atoms with van der Waals surface area (Å²) in [5, 5.41) is 0. The van der Waals surface area contributed by atoms with Crippen LogP contribution in [0.3, 0.4) is 0 Å². The van der Waals surface area contributed by atoms with Crippen molar-refractivity contribution >= 4 is 0 Å². The van der Waals surface area contributed by atoms with E-state index in [0.29, 0.717) is 12.2 Å². The first-order chi connectivity index (χ1) is 10.1. The second-order valence-electron chi connectivity index (χ2n) is 6.14. The lowest BCUT2D eigenvalue weighted by Crippen LogP contribution is -2.31. The Morgan fingerprint density at radius 1 is 0.905 bits per heavy atom. The molecule has 0 aromatic carbocycles. The van der Waals surface area contributed by atoms with Crippen LogP contribution in [-0.2, 0) is 22.6 Å². The van der Waals surface area contributed by atoms with Crippen molar-refractivity contribution in [2.24, 2.45) is 0 Å². The van der Waals surface area contributed by atoms with Gasteiger partial charge in [0.05, 0.1) is 25.3 Å². The summed E-state index contributed by atoms with van der Waals surface area (Å²) < 4.78 is 15.6. The zero-order chi connectivity index (χ0) is 15.5. The Morgan fingerprint density at radius 2 is 1.52 bits per heavy atom. The Bertz CT molecular complexity index is 329. The van der Waals surface area contributed by atoms with Gasteiger partial charge in [0.2, 0.25) is 6.33 Å². The van der Waals surface area contributed by atoms with Gasteiger partial charge in [-0.2, -0.15) is 0 Å². The lowest BCUT2D eigenvalue weighted by atomic mass is 10.3. The van der Waals surface area contributed by atoms with E-state index in [-0.39, 0.29) is 0 Å². The monoisotopic (exact) mass is 297 g/mol. The number of aryl methyl sites for hydroxylation is 2. The highest BCUT2D eigenvalue weighted by atomic mass is 16.5. The third-order valence-corrected chi connectivity index (χ3v) is 3.27. The number of aromatic nitrogens is 2. The summed E-state index contributed by atoms with van der Waals surface area (Å²) in [7, 11) is 0. The van der Waals surface area contributed by atoms with Crippen LogP contribution in [-0.4, -0.2) is 30.0 Å². The molecule has 0 radical (unpaired) electrons. The minimum atomic E-state index is 0.346. The molecule has 0 aliphatic carbocycles. The van der Waals surface area contributed by atoms with E-state index < -0.39 is 0 Å². The van der Waals surface area contributed by atoms with Gasteiger partial charge in [-0.25, -0.2) is 9.13 Å². The average Bonchev–Trinajstić information content (AvgIpc) is 2.85. The molecule has 0 aliphatic heterocycles. The molecule has 1 rings (SSSR count). The van der Waals surface area contributed by atoms with Gasteiger partial charge in [0, 0.05) is 13.2 Å². The summed E-state index contributed by atoms with van der Waals surface area (Å²) >= 11 is 0. The molecule has 0 atom stereocenters. The van der Waals surface area contributed by atoms with Crippen LogP contribution < -0.4 is 4.57 Å². The van der Waals surface area contributed by atoms with Crippen LogP contribution in [0.25, 0.3) is 0 Å². The summed E-state index contributed by atoms with van der Waals surface area (Å²) in [6, 6.07) is 0. The molecule has 0 spiro atoms. The maximum atomic E-state index is 5.55. The number of nitrogens with zero attached hydrogens (tertiary/aromatic N) is 2. The zero-order valence-corrected chi connectivity index (χ0v) is 14.3. The van der Waals surface area contributed by atoms with Crippen molar-refractivity contribution in [3.63, 3.8) is 0 Å². The van der Waals surface area contributed by atoms with Crippen LogP contribution in [0.2, 0.25) is 0 Å². The van der Waals surface area contributed by atoms with E-state index in [2.05, 4.69) is 55.6 Å². The molecular formula is C17H33N2O2+. The fourth-order valence-electron chi connectivity index (χ4n) is 2.13. The molecule has 0 N–H and O–H groups in total. The first kappa shape index (κ1) is 18.2. The van der Waals surface area contributed by atoms with E-state index in [4.69, 9.17) is 9.47 Å². The van der Waals surface area contributed by atoms with Gasteiger partial charge in [0.25, 0.3) is 0 Å². The van der Waals surface area contributed by atoms with Gasteiger partial charge in [0.15, 0.2) is 0 Å². The summed E-state index contributed by atoms with van der Waals surface area (Å²) in [5.74, 6) is 0. The van der Waals surface area contributed by atoms with Crippen molar-refractivity contribution < 1.29 is 14.0 Å². The highest BCUT2D eigenvalue weighted by molar-refractivity contribution is 4.66. The topological polar surface area (TPSA) is 27.3 Å². The van der Waals surface area contributed by atoms with E-state index in [0.717, 1.165) is 39.1 Å². The zero-order valence-electron chi connectivity index (χ0n) is 14.3. The number of hydrogen-bond acceptors (Lipinski definition) is 2. The normalized spacial score (nSPS) is 11.7. The van der Waals surface area contributed by atoms with Crippen molar-refractivity contribution in [2.45, 2.75) is 78.7 Å². The van der Waals surface area contributed by atoms with Crippen molar-refractivity contribution in [2.75, 3.05) is 13.2 Å². The fourth-order valence-corrected chi connectivity index (χ4v) is 2.13. The molecule has 0 amide bonds. The lowest BCUT2D eigenvalue weighted by molar-refractivity contribution is -0.697. The van der Waals surface area contributed by atoms with E-state index in [1.807, 2.05) is 0 Å². The molecule has 1 aromatic rings. The summed E-state index contributed by atoms with van der Waals surface area (Å²) in [6.07, 6.45) is 11.8. The molecular weight excluding hydrogens is 264 g/mol. The first-order valence-electron chi connectivity index (χ1n) is 8.36. The van der Waals surface area contributed by atoms with Crippen LogP contribution in [0.4, 0.5) is 0 Å². The van der Waals surface area contributed by atoms with E-state index >= 15 is 0 Å². The Morgan fingerprint density at radius 3 is 2.14 bits per heavy atom. The average molecular weight is 297 g/mol. The smallest absolute Gasteiger partial charge is 0.243 e. The van der Waals surface area contributed by atoms with Crippen LogP contribution >= 0.6 is 0 Å². The van der Waals surface area contributed by atoms with E-state index in [9.17, 15) is 0 Å². The van der Waals surface area contributed by atoms with Crippen molar-refractivity contribution in [1.82, 2.24) is 4.57 Å². The molecule has 4 heteroatoms. The van der Waals surface area contributed by atoms with Crippen molar-refractivity contribution in [1.29, 1.82) is 0 Å². The number of unbranched alkanes of at least 4 members (excludes halogenated alkanes) is 2. The van der Waals surface area contributed by atoms with Crippen LogP contribution in [0.15, 0.2) is 18.7 Å². The Labute approximate surface area is 130 Å². The molecule has 1 aromatic heterocycles. The second kappa shape index (κ2) is 10.8. The standard InChI is InChI=1S/C17H33N2O2/c1-16(2)20-13-7-5-9-18-11-12-19(15-18)10-6-8-14-21-17(3)4/h11-12,15-17H,5-10,13-14H2,1-4H3/q+1. The van der Waals surface area contributed by atoms with E-state index in [1.54, 1.807) is 0 Å². The third-order valence-electron chi connectivity index (χ3n) is 3.27. The highest BCUT2D eigenvalue weighted by Crippen LogP contribution is 1.98. The van der Waals surface area contributed by atoms with Gasteiger partial charge in [-0.1, -0.05) is 0 Å². The first-order valence-corrected chi connectivity index (χ1v) is 8.36. The molecule has 0 saturated carbocycles. The van der Waals surface area contributed by atoms with Gasteiger partial charge in [0.1, 0.15) is 12.4 Å². The summed E-state index contributed by atoms with van der Waals surface area (Å²) in [6.45, 7) is 12.2. The number of ether oxygens (including phenoxy) is 2. The SMILES string of the molecule is CC(C)OCCCCn1cc[n+](CCCCOC(C)C)c1. The van der Waals surface area contributed by atoms with Crippen LogP contribution in [0, 0.1) is 0 Å². The molecule has 0 aliphatic rings. The molecule has 4 nitrogen and oxygen atoms in total. The molecule has 0 saturated heterocycles. The third kappa shape index (κ3) is 9.64. The maximum Gasteiger partial charge on any atom is 0.243 e. The quantitative estimate of drug-likeness (QED) is 0.438. The second-order valence-corrected chi connectivity index (χ2v) is 6.14. The Kier molecular flexibility index (Phi) is 9.35. The Hall–Kier alpha value is -0.870. The summed E-state index contributed by atoms with van der Waals surface area (Å²) in [4.78, 5) is 0. The Balaban J connectivity index is 2.07. The van der Waals surface area contributed by atoms with Gasteiger partial charge in [-0.05, 0) is 53.4 Å². The number of rotatable bonds is 12. The van der Waals surface area contributed by atoms with Crippen molar-refractivity contribution in [3.05, 3.63) is 18.7 Å². The predicted molar refractivity (Wildman–Crippen MR) is 85.3 cm³/mol. The van der Waals surface area contributed by atoms with Gasteiger partial charge >= 0.3 is 0 Å². The number of hydrogen-bond donors (Lipinski definition) is 0. The van der Waals surface area contributed by atoms with Gasteiger partial charge < -0.3 is 9.47 Å². The molecule has 1 heterocycles. The van der Waals surface area contributed by atoms with Crippen molar-refractivity contribution in [3.8, 4) is 0 Å². The minimum Gasteiger partial charge on any atom is -0.379 e. The van der Waals surface area contributed by atoms with Gasteiger partial charge in [-0.3, -0.25) is 0 Å². The summed E-state index contributed by atoms with van der Waals surface area (Å²) in [5.41, 5.74) is 0. The minimum absolute atomic E-state index is 0.346. The number of imidazole rings is 1. The molecule has 0 bridgehead atoms.